The van der Waals surface area contributed by atoms with E-state index in [1.807, 2.05) is 12.1 Å². The standard InChI is InChI=1S/C12H8Cl2N2O/c13-11-4-1-8(5-12(11)14)16-7-10-3-2-9(6-15)17-10/h1-5,16H,7H2. The molecule has 0 aliphatic rings. The summed E-state index contributed by atoms with van der Waals surface area (Å²) in [4.78, 5) is 0. The van der Waals surface area contributed by atoms with Crippen molar-refractivity contribution in [1.29, 1.82) is 5.26 Å². The van der Waals surface area contributed by atoms with Gasteiger partial charge in [0.15, 0.2) is 0 Å². The van der Waals surface area contributed by atoms with Crippen molar-refractivity contribution in [2.75, 3.05) is 5.32 Å². The van der Waals surface area contributed by atoms with Crippen LogP contribution in [-0.2, 0) is 6.54 Å². The van der Waals surface area contributed by atoms with Gasteiger partial charge in [0.05, 0.1) is 16.6 Å². The van der Waals surface area contributed by atoms with Crippen LogP contribution in [0.2, 0.25) is 10.0 Å². The molecule has 86 valence electrons. The minimum Gasteiger partial charge on any atom is -0.449 e. The highest BCUT2D eigenvalue weighted by molar-refractivity contribution is 6.42. The van der Waals surface area contributed by atoms with Gasteiger partial charge in [0.25, 0.3) is 0 Å². The minimum absolute atomic E-state index is 0.302. The molecule has 0 spiro atoms. The molecule has 2 rings (SSSR count). The highest BCUT2D eigenvalue weighted by Gasteiger charge is 2.02. The lowest BCUT2D eigenvalue weighted by atomic mass is 10.3. The molecule has 0 unspecified atom stereocenters. The quantitative estimate of drug-likeness (QED) is 0.911. The van der Waals surface area contributed by atoms with Crippen molar-refractivity contribution in [3.8, 4) is 6.07 Å². The van der Waals surface area contributed by atoms with Crippen molar-refractivity contribution >= 4 is 28.9 Å². The van der Waals surface area contributed by atoms with Gasteiger partial charge in [-0.05, 0) is 30.3 Å². The first-order valence-corrected chi connectivity index (χ1v) is 5.62. The Kier molecular flexibility index (Phi) is 3.58. The monoisotopic (exact) mass is 266 g/mol. The molecule has 0 atom stereocenters. The van der Waals surface area contributed by atoms with Crippen LogP contribution in [0.15, 0.2) is 34.7 Å². The van der Waals surface area contributed by atoms with E-state index >= 15 is 0 Å². The Morgan fingerprint density at radius 2 is 2.00 bits per heavy atom. The molecule has 3 nitrogen and oxygen atoms in total. The van der Waals surface area contributed by atoms with Gasteiger partial charge >= 0.3 is 0 Å². The van der Waals surface area contributed by atoms with Crippen molar-refractivity contribution < 1.29 is 4.42 Å². The Morgan fingerprint density at radius 1 is 1.18 bits per heavy atom. The highest BCUT2D eigenvalue weighted by Crippen LogP contribution is 2.25. The van der Waals surface area contributed by atoms with Crippen molar-refractivity contribution in [1.82, 2.24) is 0 Å². The summed E-state index contributed by atoms with van der Waals surface area (Å²) in [6, 6.07) is 10.6. The van der Waals surface area contributed by atoms with Gasteiger partial charge in [0, 0.05) is 5.69 Å². The summed E-state index contributed by atoms with van der Waals surface area (Å²) in [5.41, 5.74) is 0.842. The molecule has 0 fully saturated rings. The van der Waals surface area contributed by atoms with Crippen molar-refractivity contribution in [2.24, 2.45) is 0 Å². The molecule has 1 aromatic heterocycles. The third-order valence-corrected chi connectivity index (χ3v) is 2.90. The van der Waals surface area contributed by atoms with Crippen LogP contribution in [0.5, 0.6) is 0 Å². The number of furan rings is 1. The highest BCUT2D eigenvalue weighted by atomic mass is 35.5. The molecule has 2 aromatic rings. The number of halogens is 2. The number of hydrogen-bond donors (Lipinski definition) is 1. The maximum atomic E-state index is 8.61. The lowest BCUT2D eigenvalue weighted by Crippen LogP contribution is -1.97. The van der Waals surface area contributed by atoms with Crippen LogP contribution in [-0.4, -0.2) is 0 Å². The Balaban J connectivity index is 2.02. The molecular formula is C12H8Cl2N2O. The fraction of sp³-hybridized carbons (Fsp3) is 0.0833. The van der Waals surface area contributed by atoms with Crippen LogP contribution in [0.25, 0.3) is 0 Å². The molecule has 1 N–H and O–H groups in total. The summed E-state index contributed by atoms with van der Waals surface area (Å²) >= 11 is 11.7. The molecule has 5 heteroatoms. The first kappa shape index (κ1) is 11.8. The van der Waals surface area contributed by atoms with Crippen LogP contribution >= 0.6 is 23.2 Å². The van der Waals surface area contributed by atoms with Gasteiger partial charge in [-0.3, -0.25) is 0 Å². The van der Waals surface area contributed by atoms with E-state index in [4.69, 9.17) is 32.9 Å². The zero-order valence-electron chi connectivity index (χ0n) is 8.71. The van der Waals surface area contributed by atoms with Gasteiger partial charge in [-0.2, -0.15) is 5.26 Å². The van der Waals surface area contributed by atoms with Gasteiger partial charge < -0.3 is 9.73 Å². The Labute approximate surface area is 109 Å². The molecule has 1 aromatic carbocycles. The van der Waals surface area contributed by atoms with Crippen molar-refractivity contribution in [3.63, 3.8) is 0 Å². The molecular weight excluding hydrogens is 259 g/mol. The predicted molar refractivity (Wildman–Crippen MR) is 67.2 cm³/mol. The summed E-state index contributed by atoms with van der Waals surface area (Å²) in [7, 11) is 0. The second-order valence-corrected chi connectivity index (χ2v) is 4.17. The Bertz CT molecular complexity index is 572. The molecule has 0 saturated heterocycles. The summed E-state index contributed by atoms with van der Waals surface area (Å²) in [6.45, 7) is 0.486. The molecule has 0 amide bonds. The zero-order valence-corrected chi connectivity index (χ0v) is 10.2. The average molecular weight is 267 g/mol. The third kappa shape index (κ3) is 2.94. The second-order valence-electron chi connectivity index (χ2n) is 3.36. The zero-order chi connectivity index (χ0) is 12.3. The molecule has 0 radical (unpaired) electrons. The Hall–Kier alpha value is -1.63. The summed E-state index contributed by atoms with van der Waals surface area (Å²) in [5.74, 6) is 0.989. The van der Waals surface area contributed by atoms with Gasteiger partial charge in [-0.25, -0.2) is 0 Å². The van der Waals surface area contributed by atoms with E-state index in [0.29, 0.717) is 28.1 Å². The normalized spacial score (nSPS) is 9.94. The van der Waals surface area contributed by atoms with Crippen LogP contribution in [0.4, 0.5) is 5.69 Å². The van der Waals surface area contributed by atoms with Crippen LogP contribution < -0.4 is 5.32 Å². The maximum Gasteiger partial charge on any atom is 0.203 e. The minimum atomic E-state index is 0.302. The fourth-order valence-electron chi connectivity index (χ4n) is 1.33. The van der Waals surface area contributed by atoms with E-state index in [1.165, 1.54) is 0 Å². The number of nitrogens with one attached hydrogen (secondary N) is 1. The van der Waals surface area contributed by atoms with E-state index in [2.05, 4.69) is 5.32 Å². The van der Waals surface area contributed by atoms with Gasteiger partial charge in [-0.15, -0.1) is 0 Å². The number of nitriles is 1. The Morgan fingerprint density at radius 3 is 2.65 bits per heavy atom. The SMILES string of the molecule is N#Cc1ccc(CNc2ccc(Cl)c(Cl)c2)o1. The number of benzene rings is 1. The van der Waals surface area contributed by atoms with Crippen LogP contribution in [0.3, 0.4) is 0 Å². The topological polar surface area (TPSA) is 49.0 Å². The average Bonchev–Trinajstić information content (AvgIpc) is 2.79. The smallest absolute Gasteiger partial charge is 0.203 e. The van der Waals surface area contributed by atoms with Crippen LogP contribution in [0.1, 0.15) is 11.5 Å². The number of anilines is 1. The maximum absolute atomic E-state index is 8.61. The summed E-state index contributed by atoms with van der Waals surface area (Å²) < 4.78 is 5.23. The number of rotatable bonds is 3. The van der Waals surface area contributed by atoms with Gasteiger partial charge in [-0.1, -0.05) is 23.2 Å². The second kappa shape index (κ2) is 5.13. The first-order chi connectivity index (χ1) is 8.19. The summed E-state index contributed by atoms with van der Waals surface area (Å²) in [6.07, 6.45) is 0. The van der Waals surface area contributed by atoms with Crippen LogP contribution in [0, 0.1) is 11.3 Å². The third-order valence-electron chi connectivity index (χ3n) is 2.16. The van der Waals surface area contributed by atoms with Gasteiger partial charge in [0.1, 0.15) is 11.8 Å². The largest absolute Gasteiger partial charge is 0.449 e. The molecule has 0 saturated carbocycles. The number of hydrogen-bond acceptors (Lipinski definition) is 3. The van der Waals surface area contributed by atoms with E-state index < -0.39 is 0 Å². The molecule has 1 heterocycles. The molecule has 0 aliphatic carbocycles. The van der Waals surface area contributed by atoms with E-state index in [9.17, 15) is 0 Å². The van der Waals surface area contributed by atoms with E-state index in [0.717, 1.165) is 5.69 Å². The molecule has 0 aliphatic heterocycles. The molecule has 0 bridgehead atoms. The molecule has 17 heavy (non-hydrogen) atoms. The fourth-order valence-corrected chi connectivity index (χ4v) is 1.63. The van der Waals surface area contributed by atoms with Crippen molar-refractivity contribution in [2.45, 2.75) is 6.54 Å². The lowest BCUT2D eigenvalue weighted by Gasteiger charge is -2.05. The summed E-state index contributed by atoms with van der Waals surface area (Å²) in [5, 5.41) is 12.7. The van der Waals surface area contributed by atoms with Gasteiger partial charge in [0.2, 0.25) is 5.76 Å². The number of nitrogens with zero attached hydrogens (tertiary/aromatic N) is 1. The van der Waals surface area contributed by atoms with E-state index in [-0.39, 0.29) is 0 Å². The predicted octanol–water partition coefficient (Wildman–Crippen LogP) is 4.07. The first-order valence-electron chi connectivity index (χ1n) is 4.87. The lowest BCUT2D eigenvalue weighted by molar-refractivity contribution is 0.506. The van der Waals surface area contributed by atoms with Crippen molar-refractivity contribution in [3.05, 3.63) is 51.9 Å². The van der Waals surface area contributed by atoms with E-state index in [1.54, 1.807) is 24.3 Å².